The van der Waals surface area contributed by atoms with Crippen LogP contribution in [-0.4, -0.2) is 16.4 Å². The summed E-state index contributed by atoms with van der Waals surface area (Å²) in [7, 11) is 0. The van der Waals surface area contributed by atoms with Gasteiger partial charge < -0.3 is 10.4 Å². The fourth-order valence-electron chi connectivity index (χ4n) is 3.67. The number of benzene rings is 2. The van der Waals surface area contributed by atoms with Crippen LogP contribution >= 0.6 is 11.8 Å². The van der Waals surface area contributed by atoms with Gasteiger partial charge in [-0.05, 0) is 60.9 Å². The van der Waals surface area contributed by atoms with Crippen LogP contribution in [0.2, 0.25) is 0 Å². The SMILES string of the molecule is CC(C)NC(=O)SC1=C[C@@H](C(O)(c2ccccc2)c2ccccc2)CCC1. The van der Waals surface area contributed by atoms with Crippen molar-refractivity contribution in [2.75, 3.05) is 0 Å². The summed E-state index contributed by atoms with van der Waals surface area (Å²) in [6, 6.07) is 19.8. The van der Waals surface area contributed by atoms with Gasteiger partial charge in [0.2, 0.25) is 0 Å². The van der Waals surface area contributed by atoms with Crippen molar-refractivity contribution in [1.82, 2.24) is 5.32 Å². The first-order valence-electron chi connectivity index (χ1n) is 9.52. The fraction of sp³-hybridized carbons (Fsp3) is 0.348. The molecule has 4 heteroatoms. The zero-order valence-electron chi connectivity index (χ0n) is 15.9. The Kier molecular flexibility index (Phi) is 6.40. The summed E-state index contributed by atoms with van der Waals surface area (Å²) in [5.41, 5.74) is 0.661. The van der Waals surface area contributed by atoms with E-state index in [0.717, 1.165) is 35.3 Å². The van der Waals surface area contributed by atoms with E-state index in [9.17, 15) is 9.90 Å². The summed E-state index contributed by atoms with van der Waals surface area (Å²) < 4.78 is 0. The highest BCUT2D eigenvalue weighted by molar-refractivity contribution is 8.16. The quantitative estimate of drug-likeness (QED) is 0.723. The minimum atomic E-state index is -1.11. The van der Waals surface area contributed by atoms with Crippen molar-refractivity contribution in [3.8, 4) is 0 Å². The molecule has 0 radical (unpaired) electrons. The van der Waals surface area contributed by atoms with E-state index >= 15 is 0 Å². The smallest absolute Gasteiger partial charge is 0.283 e. The van der Waals surface area contributed by atoms with E-state index in [-0.39, 0.29) is 17.2 Å². The lowest BCUT2D eigenvalue weighted by Crippen LogP contribution is -2.36. The van der Waals surface area contributed by atoms with Crippen molar-refractivity contribution in [1.29, 1.82) is 0 Å². The van der Waals surface area contributed by atoms with Crippen molar-refractivity contribution in [2.24, 2.45) is 5.92 Å². The van der Waals surface area contributed by atoms with E-state index in [1.807, 2.05) is 74.5 Å². The van der Waals surface area contributed by atoms with Gasteiger partial charge in [-0.15, -0.1) is 0 Å². The molecule has 3 rings (SSSR count). The number of nitrogens with one attached hydrogen (secondary N) is 1. The second-order valence-electron chi connectivity index (χ2n) is 7.32. The Hall–Kier alpha value is -2.04. The summed E-state index contributed by atoms with van der Waals surface area (Å²) in [5.74, 6) is -0.0783. The first kappa shape index (κ1) is 19.7. The molecule has 0 unspecified atom stereocenters. The lowest BCUT2D eigenvalue weighted by Gasteiger charge is -2.38. The molecule has 2 aromatic carbocycles. The molecule has 0 bridgehead atoms. The van der Waals surface area contributed by atoms with Gasteiger partial charge >= 0.3 is 0 Å². The summed E-state index contributed by atoms with van der Waals surface area (Å²) in [6.07, 6.45) is 4.83. The Bertz CT molecular complexity index is 747. The summed E-state index contributed by atoms with van der Waals surface area (Å²) in [4.78, 5) is 13.2. The monoisotopic (exact) mass is 381 g/mol. The second kappa shape index (κ2) is 8.77. The maximum atomic E-state index is 12.2. The van der Waals surface area contributed by atoms with Gasteiger partial charge in [0.1, 0.15) is 5.60 Å². The van der Waals surface area contributed by atoms with Crippen LogP contribution in [0.1, 0.15) is 44.2 Å². The molecule has 0 heterocycles. The van der Waals surface area contributed by atoms with Crippen LogP contribution in [0.15, 0.2) is 71.6 Å². The van der Waals surface area contributed by atoms with E-state index < -0.39 is 5.60 Å². The third-order valence-corrected chi connectivity index (χ3v) is 5.83. The van der Waals surface area contributed by atoms with Crippen molar-refractivity contribution in [2.45, 2.75) is 44.8 Å². The highest BCUT2D eigenvalue weighted by Gasteiger charge is 2.40. The fourth-order valence-corrected chi connectivity index (χ4v) is 4.68. The largest absolute Gasteiger partial charge is 0.380 e. The van der Waals surface area contributed by atoms with Crippen LogP contribution in [-0.2, 0) is 5.60 Å². The minimum Gasteiger partial charge on any atom is -0.380 e. The highest BCUT2D eigenvalue weighted by atomic mass is 32.2. The maximum Gasteiger partial charge on any atom is 0.283 e. The number of rotatable bonds is 5. The Morgan fingerprint density at radius 1 is 1.07 bits per heavy atom. The molecule has 3 nitrogen and oxygen atoms in total. The summed E-state index contributed by atoms with van der Waals surface area (Å²) >= 11 is 1.26. The van der Waals surface area contributed by atoms with Gasteiger partial charge in [-0.25, -0.2) is 0 Å². The molecule has 1 amide bonds. The number of thioether (sulfide) groups is 1. The van der Waals surface area contributed by atoms with E-state index in [0.29, 0.717) is 0 Å². The Morgan fingerprint density at radius 2 is 1.63 bits per heavy atom. The number of amides is 1. The summed E-state index contributed by atoms with van der Waals surface area (Å²) in [5, 5.41) is 14.8. The second-order valence-corrected chi connectivity index (χ2v) is 8.42. The molecular weight excluding hydrogens is 354 g/mol. The first-order valence-corrected chi connectivity index (χ1v) is 10.3. The lowest BCUT2D eigenvalue weighted by molar-refractivity contribution is 0.0301. The third-order valence-electron chi connectivity index (χ3n) is 4.92. The van der Waals surface area contributed by atoms with Gasteiger partial charge in [-0.2, -0.15) is 0 Å². The van der Waals surface area contributed by atoms with E-state index in [1.54, 1.807) is 0 Å². The molecule has 1 atom stereocenters. The Morgan fingerprint density at radius 3 is 2.15 bits per heavy atom. The van der Waals surface area contributed by atoms with Gasteiger partial charge in [0.05, 0.1) is 0 Å². The third kappa shape index (κ3) is 4.63. The topological polar surface area (TPSA) is 49.3 Å². The summed E-state index contributed by atoms with van der Waals surface area (Å²) in [6.45, 7) is 3.92. The minimum absolute atomic E-state index is 0.0279. The van der Waals surface area contributed by atoms with Crippen LogP contribution in [0.25, 0.3) is 0 Å². The molecule has 27 heavy (non-hydrogen) atoms. The van der Waals surface area contributed by atoms with Crippen molar-refractivity contribution in [3.05, 3.63) is 82.8 Å². The molecule has 0 aliphatic heterocycles. The van der Waals surface area contributed by atoms with E-state index in [2.05, 4.69) is 11.4 Å². The van der Waals surface area contributed by atoms with Gasteiger partial charge in [0, 0.05) is 12.0 Å². The van der Waals surface area contributed by atoms with Gasteiger partial charge in [-0.3, -0.25) is 4.79 Å². The van der Waals surface area contributed by atoms with Gasteiger partial charge in [-0.1, -0.05) is 66.7 Å². The van der Waals surface area contributed by atoms with Crippen molar-refractivity contribution in [3.63, 3.8) is 0 Å². The molecule has 2 aromatic rings. The van der Waals surface area contributed by atoms with E-state index in [1.165, 1.54) is 11.8 Å². The van der Waals surface area contributed by atoms with Gasteiger partial charge in [0.15, 0.2) is 0 Å². The van der Waals surface area contributed by atoms with Crippen molar-refractivity contribution >= 4 is 17.0 Å². The average Bonchev–Trinajstić information content (AvgIpc) is 2.68. The molecule has 142 valence electrons. The molecule has 1 aliphatic rings. The normalized spacial score (nSPS) is 17.5. The molecule has 0 aromatic heterocycles. The van der Waals surface area contributed by atoms with Crippen LogP contribution in [0.5, 0.6) is 0 Å². The van der Waals surface area contributed by atoms with Gasteiger partial charge in [0.25, 0.3) is 5.24 Å². The Balaban J connectivity index is 1.95. The number of aliphatic hydroxyl groups is 1. The van der Waals surface area contributed by atoms with Crippen molar-refractivity contribution < 1.29 is 9.90 Å². The van der Waals surface area contributed by atoms with Crippen LogP contribution < -0.4 is 5.32 Å². The standard InChI is InChI=1S/C23H27NO2S/c1-17(2)24-22(25)27-21-15-9-14-20(16-21)23(26,18-10-5-3-6-11-18)19-12-7-4-8-13-19/h3-8,10-13,16-17,20,26H,9,14-15H2,1-2H3,(H,24,25)/t20-/m0/s1. The lowest BCUT2D eigenvalue weighted by atomic mass is 9.72. The molecule has 0 spiro atoms. The molecule has 2 N–H and O–H groups in total. The molecule has 1 aliphatic carbocycles. The number of carbonyl (C=O) groups excluding carboxylic acids is 1. The molecule has 0 saturated carbocycles. The number of hydrogen-bond acceptors (Lipinski definition) is 3. The highest BCUT2D eigenvalue weighted by Crippen LogP contribution is 2.44. The average molecular weight is 382 g/mol. The van der Waals surface area contributed by atoms with Crippen LogP contribution in [0.4, 0.5) is 4.79 Å². The first-order chi connectivity index (χ1) is 13.0. The number of allylic oxidation sites excluding steroid dienone is 1. The zero-order chi connectivity index (χ0) is 19.3. The number of carbonyl (C=O) groups is 1. The van der Waals surface area contributed by atoms with E-state index in [4.69, 9.17) is 0 Å². The molecule has 0 fully saturated rings. The molecule has 0 saturated heterocycles. The van der Waals surface area contributed by atoms with Crippen LogP contribution in [0.3, 0.4) is 0 Å². The zero-order valence-corrected chi connectivity index (χ0v) is 16.7. The number of hydrogen-bond donors (Lipinski definition) is 2. The Labute approximate surface area is 165 Å². The predicted molar refractivity (Wildman–Crippen MR) is 113 cm³/mol. The van der Waals surface area contributed by atoms with Crippen LogP contribution in [0, 0.1) is 5.92 Å². The maximum absolute atomic E-state index is 12.2. The predicted octanol–water partition coefficient (Wildman–Crippen LogP) is 5.46. The molecular formula is C23H27NO2S.